The van der Waals surface area contributed by atoms with Crippen molar-refractivity contribution >= 4 is 0 Å². The fourth-order valence-electron chi connectivity index (χ4n) is 3.93. The molecular weight excluding hydrogens is 240 g/mol. The molecule has 0 radical (unpaired) electrons. The van der Waals surface area contributed by atoms with Crippen LogP contribution in [0.3, 0.4) is 0 Å². The van der Waals surface area contributed by atoms with Crippen LogP contribution in [0.15, 0.2) is 18.2 Å². The first kappa shape index (κ1) is 15.6. The Morgan fingerprint density at radius 1 is 1.00 bits per heavy atom. The predicted octanol–water partition coefficient (Wildman–Crippen LogP) is 6.27. The van der Waals surface area contributed by atoms with E-state index in [1.165, 1.54) is 56.1 Å². The molecule has 0 heterocycles. The lowest BCUT2D eigenvalue weighted by molar-refractivity contribution is 0.318. The van der Waals surface area contributed by atoms with E-state index in [-0.39, 0.29) is 0 Å². The van der Waals surface area contributed by atoms with E-state index >= 15 is 0 Å². The minimum Gasteiger partial charge on any atom is -0.0619 e. The normalized spacial score (nSPS) is 19.1. The summed E-state index contributed by atoms with van der Waals surface area (Å²) < 4.78 is 0. The largest absolute Gasteiger partial charge is 0.0619 e. The third-order valence-electron chi connectivity index (χ3n) is 5.22. The fraction of sp³-hybridized carbons (Fsp3) is 0.700. The van der Waals surface area contributed by atoms with Crippen molar-refractivity contribution in [1.82, 2.24) is 0 Å². The van der Waals surface area contributed by atoms with Gasteiger partial charge in [-0.2, -0.15) is 0 Å². The molecule has 1 fully saturated rings. The van der Waals surface area contributed by atoms with Crippen LogP contribution < -0.4 is 0 Å². The van der Waals surface area contributed by atoms with Gasteiger partial charge in [-0.1, -0.05) is 77.5 Å². The van der Waals surface area contributed by atoms with Crippen molar-refractivity contribution < 1.29 is 0 Å². The van der Waals surface area contributed by atoms with E-state index in [0.717, 1.165) is 11.8 Å². The number of rotatable bonds is 4. The summed E-state index contributed by atoms with van der Waals surface area (Å²) in [7, 11) is 0. The molecule has 0 aromatic heterocycles. The lowest BCUT2D eigenvalue weighted by atomic mass is 9.83. The number of hydrogen-bond acceptors (Lipinski definition) is 0. The summed E-state index contributed by atoms with van der Waals surface area (Å²) in [6, 6.07) is 7.16. The second-order valence-corrected chi connectivity index (χ2v) is 7.28. The molecule has 0 saturated heterocycles. The molecule has 1 aliphatic rings. The van der Waals surface area contributed by atoms with Crippen LogP contribution in [0.2, 0.25) is 0 Å². The van der Waals surface area contributed by atoms with Gasteiger partial charge in [0.2, 0.25) is 0 Å². The van der Waals surface area contributed by atoms with Gasteiger partial charge in [0.25, 0.3) is 0 Å². The minimum absolute atomic E-state index is 0.642. The highest BCUT2D eigenvalue weighted by Gasteiger charge is 2.19. The molecule has 112 valence electrons. The average Bonchev–Trinajstić information content (AvgIpc) is 2.67. The van der Waals surface area contributed by atoms with Crippen LogP contribution in [0.1, 0.15) is 81.9 Å². The quantitative estimate of drug-likeness (QED) is 0.567. The van der Waals surface area contributed by atoms with Gasteiger partial charge in [0.1, 0.15) is 0 Å². The van der Waals surface area contributed by atoms with Crippen molar-refractivity contribution in [3.8, 4) is 0 Å². The number of hydrogen-bond donors (Lipinski definition) is 0. The Morgan fingerprint density at radius 2 is 1.65 bits per heavy atom. The van der Waals surface area contributed by atoms with E-state index in [4.69, 9.17) is 0 Å². The van der Waals surface area contributed by atoms with Gasteiger partial charge in [0.15, 0.2) is 0 Å². The molecule has 1 atom stereocenters. The Kier molecular flexibility index (Phi) is 5.69. The molecule has 20 heavy (non-hydrogen) atoms. The maximum atomic E-state index is 2.47. The molecule has 0 heteroatoms. The summed E-state index contributed by atoms with van der Waals surface area (Å²) in [4.78, 5) is 0. The van der Waals surface area contributed by atoms with E-state index in [9.17, 15) is 0 Å². The summed E-state index contributed by atoms with van der Waals surface area (Å²) in [5.41, 5.74) is 4.53. The first-order valence-electron chi connectivity index (χ1n) is 8.67. The van der Waals surface area contributed by atoms with E-state index in [1.807, 2.05) is 0 Å². The molecular formula is C20H32. The molecule has 0 aliphatic heterocycles. The lowest BCUT2D eigenvalue weighted by Crippen LogP contribution is -2.13. The van der Waals surface area contributed by atoms with Crippen molar-refractivity contribution in [3.63, 3.8) is 0 Å². The van der Waals surface area contributed by atoms with Crippen LogP contribution in [-0.2, 0) is 6.42 Å². The summed E-state index contributed by atoms with van der Waals surface area (Å²) in [6.45, 7) is 9.32. The van der Waals surface area contributed by atoms with Crippen molar-refractivity contribution in [1.29, 1.82) is 0 Å². The summed E-state index contributed by atoms with van der Waals surface area (Å²) >= 11 is 0. The van der Waals surface area contributed by atoms with Crippen molar-refractivity contribution in [2.45, 2.75) is 78.6 Å². The molecule has 0 amide bonds. The molecule has 0 bridgehead atoms. The Bertz CT molecular complexity index is 408. The van der Waals surface area contributed by atoms with Gasteiger partial charge in [-0.05, 0) is 47.8 Å². The zero-order valence-electron chi connectivity index (χ0n) is 13.9. The molecule has 1 saturated carbocycles. The standard InChI is InChI=1S/C20H32/c1-15(2)20-12-11-18(14-17(20)4)13-16(3)19-9-7-5-6-8-10-19/h11-12,14-16,19H,5-10,13H2,1-4H3. The molecule has 0 spiro atoms. The number of aryl methyl sites for hydroxylation is 1. The third-order valence-corrected chi connectivity index (χ3v) is 5.22. The SMILES string of the molecule is Cc1cc(CC(C)C2CCCCCC2)ccc1C(C)C. The van der Waals surface area contributed by atoms with Crippen LogP contribution in [0.5, 0.6) is 0 Å². The monoisotopic (exact) mass is 272 g/mol. The van der Waals surface area contributed by atoms with Crippen LogP contribution in [-0.4, -0.2) is 0 Å². The molecule has 1 aromatic rings. The second-order valence-electron chi connectivity index (χ2n) is 7.28. The zero-order valence-corrected chi connectivity index (χ0v) is 13.9. The molecule has 0 N–H and O–H groups in total. The topological polar surface area (TPSA) is 0 Å². The van der Waals surface area contributed by atoms with Gasteiger partial charge in [0.05, 0.1) is 0 Å². The fourth-order valence-corrected chi connectivity index (χ4v) is 3.93. The van der Waals surface area contributed by atoms with Crippen LogP contribution in [0.25, 0.3) is 0 Å². The van der Waals surface area contributed by atoms with E-state index in [2.05, 4.69) is 45.9 Å². The van der Waals surface area contributed by atoms with E-state index < -0.39 is 0 Å². The first-order valence-corrected chi connectivity index (χ1v) is 8.67. The van der Waals surface area contributed by atoms with Gasteiger partial charge in [0, 0.05) is 0 Å². The summed E-state index contributed by atoms with van der Waals surface area (Å²) in [6.07, 6.45) is 10.0. The van der Waals surface area contributed by atoms with Crippen LogP contribution in [0.4, 0.5) is 0 Å². The Balaban J connectivity index is 2.00. The highest BCUT2D eigenvalue weighted by Crippen LogP contribution is 2.31. The maximum Gasteiger partial charge on any atom is -0.0216 e. The van der Waals surface area contributed by atoms with Gasteiger partial charge in [-0.3, -0.25) is 0 Å². The summed E-state index contributed by atoms with van der Waals surface area (Å²) in [5.74, 6) is 2.45. The van der Waals surface area contributed by atoms with Crippen molar-refractivity contribution in [2.24, 2.45) is 11.8 Å². The maximum absolute atomic E-state index is 2.47. The second kappa shape index (κ2) is 7.29. The smallest absolute Gasteiger partial charge is 0.0216 e. The van der Waals surface area contributed by atoms with E-state index in [1.54, 1.807) is 5.56 Å². The molecule has 1 unspecified atom stereocenters. The van der Waals surface area contributed by atoms with Crippen molar-refractivity contribution in [2.75, 3.05) is 0 Å². The van der Waals surface area contributed by atoms with Gasteiger partial charge < -0.3 is 0 Å². The molecule has 2 rings (SSSR count). The van der Waals surface area contributed by atoms with E-state index in [0.29, 0.717) is 5.92 Å². The Hall–Kier alpha value is -0.780. The van der Waals surface area contributed by atoms with Crippen LogP contribution in [0, 0.1) is 18.8 Å². The third kappa shape index (κ3) is 4.11. The Morgan fingerprint density at radius 3 is 2.20 bits per heavy atom. The molecule has 1 aliphatic carbocycles. The average molecular weight is 272 g/mol. The number of benzene rings is 1. The predicted molar refractivity (Wildman–Crippen MR) is 89.3 cm³/mol. The van der Waals surface area contributed by atoms with Crippen LogP contribution >= 0.6 is 0 Å². The summed E-state index contributed by atoms with van der Waals surface area (Å²) in [5, 5.41) is 0. The van der Waals surface area contributed by atoms with Gasteiger partial charge >= 0.3 is 0 Å². The Labute approximate surface area is 126 Å². The lowest BCUT2D eigenvalue weighted by Gasteiger charge is -2.23. The highest BCUT2D eigenvalue weighted by atomic mass is 14.2. The first-order chi connectivity index (χ1) is 9.58. The molecule has 0 nitrogen and oxygen atoms in total. The zero-order chi connectivity index (χ0) is 14.5. The molecule has 1 aromatic carbocycles. The highest BCUT2D eigenvalue weighted by molar-refractivity contribution is 5.33. The van der Waals surface area contributed by atoms with Gasteiger partial charge in [-0.15, -0.1) is 0 Å². The van der Waals surface area contributed by atoms with Crippen molar-refractivity contribution in [3.05, 3.63) is 34.9 Å². The van der Waals surface area contributed by atoms with Gasteiger partial charge in [-0.25, -0.2) is 0 Å². The minimum atomic E-state index is 0.642.